The molecule has 0 aliphatic carbocycles. The molecule has 104 valence electrons. The van der Waals surface area contributed by atoms with Crippen molar-refractivity contribution in [2.45, 2.75) is 6.92 Å². The molecular formula is C14H13BrN2O3. The van der Waals surface area contributed by atoms with Gasteiger partial charge in [0.05, 0.1) is 12.3 Å². The van der Waals surface area contributed by atoms with Gasteiger partial charge in [0.25, 0.3) is 0 Å². The second-order valence-corrected chi connectivity index (χ2v) is 4.78. The van der Waals surface area contributed by atoms with Crippen molar-refractivity contribution in [3.05, 3.63) is 46.6 Å². The third-order valence-corrected chi connectivity index (χ3v) is 2.94. The highest BCUT2D eigenvalue weighted by atomic mass is 79.9. The molecule has 0 fully saturated rings. The van der Waals surface area contributed by atoms with Gasteiger partial charge in [0, 0.05) is 10.7 Å². The first-order valence-electron chi connectivity index (χ1n) is 5.97. The Balaban J connectivity index is 2.31. The minimum atomic E-state index is -0.480. The molecule has 0 atom stereocenters. The van der Waals surface area contributed by atoms with E-state index in [9.17, 15) is 4.79 Å². The largest absolute Gasteiger partial charge is 0.462 e. The average Bonchev–Trinajstić information content (AvgIpc) is 2.43. The van der Waals surface area contributed by atoms with Crippen molar-refractivity contribution in [1.82, 2.24) is 4.98 Å². The molecule has 0 saturated carbocycles. The van der Waals surface area contributed by atoms with Crippen LogP contribution in [0.1, 0.15) is 17.3 Å². The van der Waals surface area contributed by atoms with E-state index in [2.05, 4.69) is 20.9 Å². The lowest BCUT2D eigenvalue weighted by molar-refractivity contribution is 0.0522. The van der Waals surface area contributed by atoms with Crippen molar-refractivity contribution in [2.75, 3.05) is 12.3 Å². The van der Waals surface area contributed by atoms with Gasteiger partial charge in [0.2, 0.25) is 5.88 Å². The van der Waals surface area contributed by atoms with Crippen LogP contribution in [0.5, 0.6) is 11.6 Å². The fraction of sp³-hybridized carbons (Fsp3) is 0.143. The number of nitrogens with two attached hydrogens (primary N) is 1. The van der Waals surface area contributed by atoms with Gasteiger partial charge in [-0.05, 0) is 37.3 Å². The minimum absolute atomic E-state index is 0.167. The van der Waals surface area contributed by atoms with Gasteiger partial charge in [-0.25, -0.2) is 9.78 Å². The first kappa shape index (κ1) is 14.3. The van der Waals surface area contributed by atoms with Crippen LogP contribution in [0.4, 0.5) is 5.69 Å². The second kappa shape index (κ2) is 6.38. The lowest BCUT2D eigenvalue weighted by atomic mass is 10.2. The maximum atomic E-state index is 11.8. The Morgan fingerprint density at radius 2 is 2.20 bits per heavy atom. The van der Waals surface area contributed by atoms with Crippen LogP contribution in [-0.4, -0.2) is 17.6 Å². The maximum Gasteiger partial charge on any atom is 0.343 e. The minimum Gasteiger partial charge on any atom is -0.462 e. The van der Waals surface area contributed by atoms with Crippen molar-refractivity contribution in [2.24, 2.45) is 0 Å². The van der Waals surface area contributed by atoms with E-state index in [1.165, 1.54) is 6.20 Å². The molecule has 0 aliphatic rings. The summed E-state index contributed by atoms with van der Waals surface area (Å²) >= 11 is 3.31. The van der Waals surface area contributed by atoms with Crippen LogP contribution in [0.15, 0.2) is 41.0 Å². The molecule has 0 spiro atoms. The number of hydrogen-bond donors (Lipinski definition) is 1. The van der Waals surface area contributed by atoms with Crippen molar-refractivity contribution < 1.29 is 14.3 Å². The molecule has 2 aromatic rings. The van der Waals surface area contributed by atoms with Crippen LogP contribution in [0.3, 0.4) is 0 Å². The van der Waals surface area contributed by atoms with Crippen LogP contribution in [0, 0.1) is 0 Å². The zero-order valence-electron chi connectivity index (χ0n) is 10.8. The summed E-state index contributed by atoms with van der Waals surface area (Å²) in [5, 5.41) is 0. The van der Waals surface area contributed by atoms with E-state index in [1.807, 2.05) is 0 Å². The molecule has 1 heterocycles. The average molecular weight is 337 g/mol. The topological polar surface area (TPSA) is 74.4 Å². The van der Waals surface area contributed by atoms with Crippen LogP contribution in [0.2, 0.25) is 0 Å². The van der Waals surface area contributed by atoms with Crippen LogP contribution >= 0.6 is 15.9 Å². The number of benzene rings is 1. The summed E-state index contributed by atoms with van der Waals surface area (Å²) in [5.74, 6) is 0.115. The van der Waals surface area contributed by atoms with Crippen molar-refractivity contribution >= 4 is 27.6 Å². The zero-order valence-corrected chi connectivity index (χ0v) is 12.4. The lowest BCUT2D eigenvalue weighted by Gasteiger charge is -2.10. The summed E-state index contributed by atoms with van der Waals surface area (Å²) in [5.41, 5.74) is 6.56. The highest BCUT2D eigenvalue weighted by Gasteiger charge is 2.16. The number of hydrogen-bond acceptors (Lipinski definition) is 5. The van der Waals surface area contributed by atoms with Crippen LogP contribution in [0.25, 0.3) is 0 Å². The van der Waals surface area contributed by atoms with Gasteiger partial charge >= 0.3 is 5.97 Å². The summed E-state index contributed by atoms with van der Waals surface area (Å²) in [6, 6.07) is 8.43. The van der Waals surface area contributed by atoms with E-state index in [1.54, 1.807) is 37.3 Å². The highest BCUT2D eigenvalue weighted by Crippen LogP contribution is 2.30. The lowest BCUT2D eigenvalue weighted by Crippen LogP contribution is -2.07. The molecule has 0 aliphatic heterocycles. The number of esters is 1. The van der Waals surface area contributed by atoms with Gasteiger partial charge < -0.3 is 15.2 Å². The normalized spacial score (nSPS) is 10.1. The predicted molar refractivity (Wildman–Crippen MR) is 78.8 cm³/mol. The molecule has 6 heteroatoms. The Hall–Kier alpha value is -2.08. The fourth-order valence-corrected chi connectivity index (χ4v) is 1.93. The number of aromatic nitrogens is 1. The maximum absolute atomic E-state index is 11.8. The monoisotopic (exact) mass is 336 g/mol. The van der Waals surface area contributed by atoms with E-state index >= 15 is 0 Å². The number of nitrogens with zero attached hydrogens (tertiary/aromatic N) is 1. The Kier molecular flexibility index (Phi) is 4.57. The Bertz CT molecular complexity index is 632. The van der Waals surface area contributed by atoms with Gasteiger partial charge in [0.15, 0.2) is 5.75 Å². The van der Waals surface area contributed by atoms with Gasteiger partial charge in [0.1, 0.15) is 5.56 Å². The molecular weight excluding hydrogens is 324 g/mol. The number of halogens is 1. The number of carbonyl (C=O) groups is 1. The van der Waals surface area contributed by atoms with E-state index in [4.69, 9.17) is 15.2 Å². The summed E-state index contributed by atoms with van der Waals surface area (Å²) in [7, 11) is 0. The van der Waals surface area contributed by atoms with Crippen molar-refractivity contribution in [3.63, 3.8) is 0 Å². The van der Waals surface area contributed by atoms with E-state index in [0.29, 0.717) is 11.4 Å². The van der Waals surface area contributed by atoms with Crippen LogP contribution < -0.4 is 10.5 Å². The SMILES string of the molecule is CCOC(=O)c1cccnc1Oc1ccc(Br)cc1N. The molecule has 0 bridgehead atoms. The number of nitrogen functional groups attached to an aromatic ring is 1. The van der Waals surface area contributed by atoms with E-state index in [0.717, 1.165) is 4.47 Å². The Labute approximate surface area is 124 Å². The number of rotatable bonds is 4. The second-order valence-electron chi connectivity index (χ2n) is 3.86. The highest BCUT2D eigenvalue weighted by molar-refractivity contribution is 9.10. The molecule has 1 aromatic heterocycles. The van der Waals surface area contributed by atoms with Crippen molar-refractivity contribution in [1.29, 1.82) is 0 Å². The number of anilines is 1. The quantitative estimate of drug-likeness (QED) is 0.684. The first-order chi connectivity index (χ1) is 9.61. The molecule has 0 amide bonds. The van der Waals surface area contributed by atoms with Gasteiger partial charge in [-0.1, -0.05) is 15.9 Å². The van der Waals surface area contributed by atoms with Gasteiger partial charge in [-0.2, -0.15) is 0 Å². The summed E-state index contributed by atoms with van der Waals surface area (Å²) < 4.78 is 11.4. The first-order valence-corrected chi connectivity index (χ1v) is 6.76. The standard InChI is InChI=1S/C14H13BrN2O3/c1-2-19-14(18)10-4-3-7-17-13(10)20-12-6-5-9(15)8-11(12)16/h3-8H,2,16H2,1H3. The molecule has 1 aromatic carbocycles. The Morgan fingerprint density at radius 1 is 1.40 bits per heavy atom. The Morgan fingerprint density at radius 3 is 2.90 bits per heavy atom. The fourth-order valence-electron chi connectivity index (χ4n) is 1.55. The summed E-state index contributed by atoms with van der Waals surface area (Å²) in [6.45, 7) is 2.02. The number of carbonyl (C=O) groups excluding carboxylic acids is 1. The smallest absolute Gasteiger partial charge is 0.343 e. The van der Waals surface area contributed by atoms with E-state index < -0.39 is 5.97 Å². The van der Waals surface area contributed by atoms with Gasteiger partial charge in [-0.3, -0.25) is 0 Å². The van der Waals surface area contributed by atoms with Crippen molar-refractivity contribution in [3.8, 4) is 11.6 Å². The molecule has 2 N–H and O–H groups in total. The number of ether oxygens (including phenoxy) is 2. The molecule has 5 nitrogen and oxygen atoms in total. The predicted octanol–water partition coefficient (Wildman–Crippen LogP) is 3.40. The van der Waals surface area contributed by atoms with Crippen LogP contribution in [-0.2, 0) is 4.74 Å². The third-order valence-electron chi connectivity index (χ3n) is 2.44. The molecule has 20 heavy (non-hydrogen) atoms. The van der Waals surface area contributed by atoms with Gasteiger partial charge in [-0.15, -0.1) is 0 Å². The third kappa shape index (κ3) is 3.27. The molecule has 2 rings (SSSR count). The molecule has 0 saturated heterocycles. The summed E-state index contributed by atoms with van der Waals surface area (Å²) in [4.78, 5) is 15.9. The molecule has 0 radical (unpaired) electrons. The number of pyridine rings is 1. The van der Waals surface area contributed by atoms with E-state index in [-0.39, 0.29) is 18.1 Å². The zero-order chi connectivity index (χ0) is 14.5. The molecule has 0 unspecified atom stereocenters. The summed E-state index contributed by atoms with van der Waals surface area (Å²) in [6.07, 6.45) is 1.53.